The van der Waals surface area contributed by atoms with Crippen molar-refractivity contribution in [3.05, 3.63) is 41.4 Å². The number of nitrogens with zero attached hydrogens (tertiary/aromatic N) is 2. The van der Waals surface area contributed by atoms with Gasteiger partial charge in [0, 0.05) is 12.1 Å². The summed E-state index contributed by atoms with van der Waals surface area (Å²) < 4.78 is 5.12. The number of carbonyl (C=O) groups excluding carboxylic acids is 1. The highest BCUT2D eigenvalue weighted by Crippen LogP contribution is 2.26. The third-order valence-corrected chi connectivity index (χ3v) is 4.40. The maximum Gasteiger partial charge on any atom is 0.334 e. The molecule has 1 fully saturated rings. The van der Waals surface area contributed by atoms with Gasteiger partial charge >= 0.3 is 5.97 Å². The van der Waals surface area contributed by atoms with Crippen LogP contribution < -0.4 is 0 Å². The summed E-state index contributed by atoms with van der Waals surface area (Å²) in [4.78, 5) is 29.7. The molecule has 1 aliphatic rings. The number of carbonyl (C=O) groups is 2. The molecule has 0 aliphatic carbocycles. The fourth-order valence-electron chi connectivity index (χ4n) is 2.23. The van der Waals surface area contributed by atoms with Gasteiger partial charge in [-0.1, -0.05) is 30.3 Å². The van der Waals surface area contributed by atoms with Gasteiger partial charge in [0.1, 0.15) is 9.88 Å². The molecule has 1 atom stereocenters. The monoisotopic (exact) mass is 318 g/mol. The molecule has 1 amide bonds. The molecule has 2 heterocycles. The van der Waals surface area contributed by atoms with Gasteiger partial charge in [-0.3, -0.25) is 4.79 Å². The predicted octanol–water partition coefficient (Wildman–Crippen LogP) is 1.74. The first-order valence-corrected chi connectivity index (χ1v) is 7.62. The van der Waals surface area contributed by atoms with Crippen LogP contribution in [0.3, 0.4) is 0 Å². The molecule has 1 N–H and O–H groups in total. The van der Waals surface area contributed by atoms with Gasteiger partial charge in [-0.2, -0.15) is 0 Å². The highest BCUT2D eigenvalue weighted by Gasteiger charge is 2.30. The summed E-state index contributed by atoms with van der Waals surface area (Å²) in [5.74, 6) is -1.25. The number of carboxylic acids is 1. The molecule has 0 saturated carbocycles. The Bertz CT molecular complexity index is 686. The number of carboxylic acid groups (broad SMARTS) is 1. The van der Waals surface area contributed by atoms with Crippen molar-refractivity contribution in [3.8, 4) is 10.6 Å². The van der Waals surface area contributed by atoms with Crippen molar-refractivity contribution in [2.75, 3.05) is 19.7 Å². The van der Waals surface area contributed by atoms with Gasteiger partial charge in [0.05, 0.1) is 19.3 Å². The van der Waals surface area contributed by atoms with Crippen LogP contribution in [0.1, 0.15) is 9.67 Å². The molecule has 0 radical (unpaired) electrons. The summed E-state index contributed by atoms with van der Waals surface area (Å²) in [6.07, 6.45) is 0.583. The highest BCUT2D eigenvalue weighted by molar-refractivity contribution is 7.16. The smallest absolute Gasteiger partial charge is 0.334 e. The van der Waals surface area contributed by atoms with E-state index in [4.69, 9.17) is 9.84 Å². The van der Waals surface area contributed by atoms with Gasteiger partial charge in [0.15, 0.2) is 6.10 Å². The van der Waals surface area contributed by atoms with E-state index in [0.29, 0.717) is 11.4 Å². The molecule has 6 nitrogen and oxygen atoms in total. The van der Waals surface area contributed by atoms with Crippen molar-refractivity contribution in [3.63, 3.8) is 0 Å². The quantitative estimate of drug-likeness (QED) is 0.932. The normalized spacial score (nSPS) is 18.2. The molecular formula is C15H14N2O4S. The Balaban J connectivity index is 1.76. The summed E-state index contributed by atoms with van der Waals surface area (Å²) in [5, 5.41) is 9.76. The van der Waals surface area contributed by atoms with Crippen LogP contribution in [-0.4, -0.2) is 52.7 Å². The number of thiazole rings is 1. The van der Waals surface area contributed by atoms with E-state index in [-0.39, 0.29) is 19.1 Å². The Morgan fingerprint density at radius 1 is 1.32 bits per heavy atom. The van der Waals surface area contributed by atoms with E-state index in [1.54, 1.807) is 6.20 Å². The predicted molar refractivity (Wildman–Crippen MR) is 80.8 cm³/mol. The van der Waals surface area contributed by atoms with E-state index < -0.39 is 12.1 Å². The molecular weight excluding hydrogens is 304 g/mol. The first-order valence-electron chi connectivity index (χ1n) is 6.80. The Morgan fingerprint density at radius 3 is 2.82 bits per heavy atom. The van der Waals surface area contributed by atoms with Crippen molar-refractivity contribution in [1.82, 2.24) is 9.88 Å². The summed E-state index contributed by atoms with van der Waals surface area (Å²) in [5.41, 5.74) is 0.955. The lowest BCUT2D eigenvalue weighted by Crippen LogP contribution is -2.48. The fraction of sp³-hybridized carbons (Fsp3) is 0.267. The van der Waals surface area contributed by atoms with E-state index in [0.717, 1.165) is 10.6 Å². The SMILES string of the molecule is O=C(O)[C@H]1CN(C(=O)c2cnc(-c3ccccc3)s2)CCO1. The number of hydrogen-bond acceptors (Lipinski definition) is 5. The van der Waals surface area contributed by atoms with Gasteiger partial charge in [-0.15, -0.1) is 11.3 Å². The van der Waals surface area contributed by atoms with Crippen LogP contribution in [0.5, 0.6) is 0 Å². The highest BCUT2D eigenvalue weighted by atomic mass is 32.1. The maximum absolute atomic E-state index is 12.5. The second kappa shape index (κ2) is 6.25. The van der Waals surface area contributed by atoms with Crippen LogP contribution in [0.25, 0.3) is 10.6 Å². The Labute approximate surface area is 131 Å². The molecule has 2 aromatic rings. The van der Waals surface area contributed by atoms with Gasteiger partial charge in [0.2, 0.25) is 0 Å². The summed E-state index contributed by atoms with van der Waals surface area (Å²) in [6, 6.07) is 9.61. The lowest BCUT2D eigenvalue weighted by atomic mass is 10.2. The van der Waals surface area contributed by atoms with Gasteiger partial charge < -0.3 is 14.7 Å². The Kier molecular flexibility index (Phi) is 4.17. The minimum Gasteiger partial charge on any atom is -0.479 e. The lowest BCUT2D eigenvalue weighted by molar-refractivity contribution is -0.154. The zero-order valence-corrected chi connectivity index (χ0v) is 12.5. The molecule has 1 aromatic carbocycles. The van der Waals surface area contributed by atoms with Gasteiger partial charge in [0.25, 0.3) is 5.91 Å². The third kappa shape index (κ3) is 3.00. The molecule has 1 aliphatic heterocycles. The molecule has 0 unspecified atom stereocenters. The van der Waals surface area contributed by atoms with Crippen molar-refractivity contribution >= 4 is 23.2 Å². The number of rotatable bonds is 3. The van der Waals surface area contributed by atoms with Crippen LogP contribution in [0.15, 0.2) is 36.5 Å². The fourth-order valence-corrected chi connectivity index (χ4v) is 3.12. The summed E-state index contributed by atoms with van der Waals surface area (Å²) in [7, 11) is 0. The number of morpholine rings is 1. The number of hydrogen-bond donors (Lipinski definition) is 1. The summed E-state index contributed by atoms with van der Waals surface area (Å²) in [6.45, 7) is 0.682. The van der Waals surface area contributed by atoms with Crippen LogP contribution >= 0.6 is 11.3 Å². The zero-order valence-electron chi connectivity index (χ0n) is 11.6. The number of ether oxygens (including phenoxy) is 1. The van der Waals surface area contributed by atoms with Crippen molar-refractivity contribution in [1.29, 1.82) is 0 Å². The number of benzene rings is 1. The molecule has 1 saturated heterocycles. The third-order valence-electron chi connectivity index (χ3n) is 3.37. The van der Waals surface area contributed by atoms with Crippen molar-refractivity contribution in [2.24, 2.45) is 0 Å². The van der Waals surface area contributed by atoms with E-state index in [9.17, 15) is 9.59 Å². The molecule has 22 heavy (non-hydrogen) atoms. The molecule has 3 rings (SSSR count). The second-order valence-electron chi connectivity index (χ2n) is 4.84. The molecule has 7 heteroatoms. The van der Waals surface area contributed by atoms with Crippen molar-refractivity contribution < 1.29 is 19.4 Å². The number of aromatic nitrogens is 1. The second-order valence-corrected chi connectivity index (χ2v) is 5.88. The van der Waals surface area contributed by atoms with E-state index in [1.807, 2.05) is 30.3 Å². The van der Waals surface area contributed by atoms with Crippen LogP contribution in [0.4, 0.5) is 0 Å². The standard InChI is InChI=1S/C15H14N2O4S/c18-14(17-6-7-21-11(9-17)15(19)20)12-8-16-13(22-12)10-4-2-1-3-5-10/h1-5,8,11H,6-7,9H2,(H,19,20)/t11-/m1/s1. The summed E-state index contributed by atoms with van der Waals surface area (Å²) >= 11 is 1.31. The Morgan fingerprint density at radius 2 is 2.09 bits per heavy atom. The number of aliphatic carboxylic acids is 1. The first-order chi connectivity index (χ1) is 10.6. The lowest BCUT2D eigenvalue weighted by Gasteiger charge is -2.30. The Hall–Kier alpha value is -2.25. The van der Waals surface area contributed by atoms with Gasteiger partial charge in [-0.05, 0) is 0 Å². The first kappa shape index (κ1) is 14.7. The molecule has 1 aromatic heterocycles. The van der Waals surface area contributed by atoms with Gasteiger partial charge in [-0.25, -0.2) is 9.78 Å². The van der Waals surface area contributed by atoms with E-state index in [2.05, 4.69) is 4.98 Å². The average Bonchev–Trinajstić information content (AvgIpc) is 3.05. The van der Waals surface area contributed by atoms with Crippen molar-refractivity contribution in [2.45, 2.75) is 6.10 Å². The topological polar surface area (TPSA) is 79.7 Å². The zero-order chi connectivity index (χ0) is 15.5. The van der Waals surface area contributed by atoms with Crippen LogP contribution in [0, 0.1) is 0 Å². The van der Waals surface area contributed by atoms with E-state index >= 15 is 0 Å². The van der Waals surface area contributed by atoms with Crippen LogP contribution in [-0.2, 0) is 9.53 Å². The van der Waals surface area contributed by atoms with E-state index in [1.165, 1.54) is 16.2 Å². The number of amides is 1. The maximum atomic E-state index is 12.5. The molecule has 114 valence electrons. The molecule has 0 spiro atoms. The minimum atomic E-state index is -1.05. The average molecular weight is 318 g/mol. The van der Waals surface area contributed by atoms with Crippen LogP contribution in [0.2, 0.25) is 0 Å². The molecule has 0 bridgehead atoms. The minimum absolute atomic E-state index is 0.0622. The largest absolute Gasteiger partial charge is 0.479 e.